The molecule has 0 bridgehead atoms. The van der Waals surface area contributed by atoms with Crippen molar-refractivity contribution in [3.8, 4) is 0 Å². The van der Waals surface area contributed by atoms with Crippen molar-refractivity contribution in [1.29, 1.82) is 0 Å². The lowest BCUT2D eigenvalue weighted by atomic mass is 10.1. The van der Waals surface area contributed by atoms with Gasteiger partial charge >= 0.3 is 5.97 Å². The van der Waals surface area contributed by atoms with Crippen LogP contribution in [-0.2, 0) is 19.4 Å². The number of carbonyl (C=O) groups excluding carboxylic acids is 1. The first-order valence-corrected chi connectivity index (χ1v) is 7.59. The van der Waals surface area contributed by atoms with Crippen molar-refractivity contribution in [1.82, 2.24) is 5.32 Å². The number of hydrogen-bond donors (Lipinski definition) is 1. The lowest BCUT2D eigenvalue weighted by Crippen LogP contribution is -2.49. The van der Waals surface area contributed by atoms with Crippen LogP contribution >= 0.6 is 0 Å². The zero-order chi connectivity index (χ0) is 13.3. The number of nitrogens with one attached hydrogen (secondary N) is 1. The van der Waals surface area contributed by atoms with Crippen LogP contribution in [0.15, 0.2) is 0 Å². The molecule has 0 aromatic heterocycles. The quantitative estimate of drug-likeness (QED) is 0.700. The molecule has 1 atom stereocenters. The molecule has 1 aliphatic carbocycles. The number of rotatable bonds is 6. The van der Waals surface area contributed by atoms with Gasteiger partial charge in [-0.05, 0) is 32.6 Å². The van der Waals surface area contributed by atoms with Crippen molar-refractivity contribution in [3.63, 3.8) is 0 Å². The molecular formula is C11H21NO4S. The molecule has 1 saturated carbocycles. The predicted octanol–water partition coefficient (Wildman–Crippen LogP) is 0.351. The van der Waals surface area contributed by atoms with E-state index < -0.39 is 14.6 Å². The largest absolute Gasteiger partial charge is 0.468 e. The van der Waals surface area contributed by atoms with Gasteiger partial charge in [0.15, 0.2) is 9.84 Å². The molecule has 5 nitrogen and oxygen atoms in total. The maximum Gasteiger partial charge on any atom is 0.323 e. The number of carbonyl (C=O) groups is 1. The van der Waals surface area contributed by atoms with Crippen molar-refractivity contribution in [2.45, 2.75) is 37.5 Å². The zero-order valence-electron chi connectivity index (χ0n) is 10.8. The van der Waals surface area contributed by atoms with Gasteiger partial charge in [0.05, 0.1) is 11.9 Å². The summed E-state index contributed by atoms with van der Waals surface area (Å²) in [5.41, 5.74) is 0. The minimum absolute atomic E-state index is 0.252. The highest BCUT2D eigenvalue weighted by molar-refractivity contribution is 7.92. The first kappa shape index (κ1) is 14.4. The number of methoxy groups -OCH3 is 1. The first-order valence-electron chi connectivity index (χ1n) is 5.70. The summed E-state index contributed by atoms with van der Waals surface area (Å²) in [6.07, 6.45) is 3.19. The summed E-state index contributed by atoms with van der Waals surface area (Å²) in [7, 11) is -1.80. The van der Waals surface area contributed by atoms with Crippen molar-refractivity contribution in [2.24, 2.45) is 5.92 Å². The molecule has 17 heavy (non-hydrogen) atoms. The van der Waals surface area contributed by atoms with E-state index in [1.54, 1.807) is 13.8 Å². The SMILES string of the molecule is COC(=O)C(NCC(C)(C)S(C)(=O)=O)C1CC1. The number of hydrogen-bond acceptors (Lipinski definition) is 5. The highest BCUT2D eigenvalue weighted by Gasteiger charge is 2.39. The second-order valence-electron chi connectivity index (χ2n) is 5.25. The zero-order valence-corrected chi connectivity index (χ0v) is 11.6. The van der Waals surface area contributed by atoms with Crippen LogP contribution in [-0.4, -0.2) is 45.1 Å². The second kappa shape index (κ2) is 4.94. The molecule has 0 heterocycles. The van der Waals surface area contributed by atoms with E-state index in [-0.39, 0.29) is 24.5 Å². The highest BCUT2D eigenvalue weighted by Crippen LogP contribution is 2.33. The lowest BCUT2D eigenvalue weighted by molar-refractivity contribution is -0.143. The van der Waals surface area contributed by atoms with E-state index in [4.69, 9.17) is 4.74 Å². The van der Waals surface area contributed by atoms with Crippen molar-refractivity contribution >= 4 is 15.8 Å². The molecule has 1 aliphatic rings. The van der Waals surface area contributed by atoms with Crippen LogP contribution in [0.1, 0.15) is 26.7 Å². The highest BCUT2D eigenvalue weighted by atomic mass is 32.2. The van der Waals surface area contributed by atoms with Crippen LogP contribution in [0.25, 0.3) is 0 Å². The summed E-state index contributed by atoms with van der Waals surface area (Å²) >= 11 is 0. The summed E-state index contributed by atoms with van der Waals surface area (Å²) in [5.74, 6) is -0.0189. The summed E-state index contributed by atoms with van der Waals surface area (Å²) in [5, 5.41) is 3.03. The van der Waals surface area contributed by atoms with Crippen LogP contribution in [0.3, 0.4) is 0 Å². The molecule has 1 unspecified atom stereocenters. The normalized spacial score (nSPS) is 18.8. The topological polar surface area (TPSA) is 72.5 Å². The molecule has 1 N–H and O–H groups in total. The maximum absolute atomic E-state index is 11.5. The average Bonchev–Trinajstić information content (AvgIpc) is 2.99. The summed E-state index contributed by atoms with van der Waals surface area (Å²) in [6.45, 7) is 3.55. The van der Waals surface area contributed by atoms with Crippen LogP contribution in [0, 0.1) is 5.92 Å². The Morgan fingerprint density at radius 2 is 2.00 bits per heavy atom. The third kappa shape index (κ3) is 3.67. The Morgan fingerprint density at radius 3 is 2.35 bits per heavy atom. The molecular weight excluding hydrogens is 242 g/mol. The van der Waals surface area contributed by atoms with Crippen LogP contribution in [0.5, 0.6) is 0 Å². The van der Waals surface area contributed by atoms with Crippen molar-refractivity contribution in [3.05, 3.63) is 0 Å². The van der Waals surface area contributed by atoms with Gasteiger partial charge in [-0.1, -0.05) is 0 Å². The minimum Gasteiger partial charge on any atom is -0.468 e. The minimum atomic E-state index is -3.15. The van der Waals surface area contributed by atoms with Gasteiger partial charge in [-0.15, -0.1) is 0 Å². The van der Waals surface area contributed by atoms with Crippen LogP contribution in [0.2, 0.25) is 0 Å². The van der Waals surface area contributed by atoms with Crippen LogP contribution in [0.4, 0.5) is 0 Å². The molecule has 0 aromatic carbocycles. The monoisotopic (exact) mass is 263 g/mol. The maximum atomic E-state index is 11.5. The number of sulfone groups is 1. The molecule has 100 valence electrons. The Morgan fingerprint density at radius 1 is 1.47 bits per heavy atom. The van der Waals surface area contributed by atoms with E-state index in [2.05, 4.69) is 5.32 Å². The number of ether oxygens (including phenoxy) is 1. The van der Waals surface area contributed by atoms with Gasteiger partial charge in [-0.25, -0.2) is 8.42 Å². The first-order chi connectivity index (χ1) is 7.69. The van der Waals surface area contributed by atoms with Crippen molar-refractivity contribution < 1.29 is 17.9 Å². The van der Waals surface area contributed by atoms with E-state index in [1.807, 2.05) is 0 Å². The van der Waals surface area contributed by atoms with E-state index in [9.17, 15) is 13.2 Å². The molecule has 0 aliphatic heterocycles. The number of esters is 1. The fraction of sp³-hybridized carbons (Fsp3) is 0.909. The fourth-order valence-electron chi connectivity index (χ4n) is 1.49. The molecule has 1 rings (SSSR count). The van der Waals surface area contributed by atoms with E-state index in [0.717, 1.165) is 12.8 Å². The van der Waals surface area contributed by atoms with E-state index in [0.29, 0.717) is 0 Å². The molecule has 6 heteroatoms. The third-order valence-electron chi connectivity index (χ3n) is 3.30. The van der Waals surface area contributed by atoms with Gasteiger partial charge in [-0.3, -0.25) is 4.79 Å². The smallest absolute Gasteiger partial charge is 0.323 e. The third-order valence-corrected chi connectivity index (χ3v) is 5.45. The molecule has 0 spiro atoms. The van der Waals surface area contributed by atoms with Gasteiger partial charge < -0.3 is 10.1 Å². The standard InChI is InChI=1S/C11H21NO4S/c1-11(2,17(4,14)15)7-12-9(8-5-6-8)10(13)16-3/h8-9,12H,5-7H2,1-4H3. The molecule has 0 amide bonds. The predicted molar refractivity (Wildman–Crippen MR) is 65.5 cm³/mol. The van der Waals surface area contributed by atoms with E-state index >= 15 is 0 Å². The van der Waals surface area contributed by atoms with E-state index in [1.165, 1.54) is 13.4 Å². The summed E-state index contributed by atoms with van der Waals surface area (Å²) in [4.78, 5) is 11.5. The van der Waals surface area contributed by atoms with Gasteiger partial charge in [0, 0.05) is 12.8 Å². The molecule has 1 fully saturated rings. The molecule has 0 aromatic rings. The average molecular weight is 263 g/mol. The van der Waals surface area contributed by atoms with Gasteiger partial charge in [0.1, 0.15) is 6.04 Å². The Hall–Kier alpha value is -0.620. The van der Waals surface area contributed by atoms with Gasteiger partial charge in [-0.2, -0.15) is 0 Å². The lowest BCUT2D eigenvalue weighted by Gasteiger charge is -2.25. The Labute approximate surface area is 103 Å². The van der Waals surface area contributed by atoms with Crippen LogP contribution < -0.4 is 5.32 Å². The Kier molecular flexibility index (Phi) is 4.19. The van der Waals surface area contributed by atoms with Crippen molar-refractivity contribution in [2.75, 3.05) is 19.9 Å². The Bertz CT molecular complexity index is 384. The fourth-order valence-corrected chi connectivity index (χ4v) is 1.83. The van der Waals surface area contributed by atoms with Gasteiger partial charge in [0.25, 0.3) is 0 Å². The second-order valence-corrected chi connectivity index (χ2v) is 7.90. The summed E-state index contributed by atoms with van der Waals surface area (Å²) in [6, 6.07) is -0.374. The molecule has 0 saturated heterocycles. The van der Waals surface area contributed by atoms with Gasteiger partial charge in [0.2, 0.25) is 0 Å². The molecule has 0 radical (unpaired) electrons. The summed E-state index contributed by atoms with van der Waals surface area (Å²) < 4.78 is 26.9. The Balaban J connectivity index is 2.61.